The van der Waals surface area contributed by atoms with Gasteiger partial charge in [-0.25, -0.2) is 0 Å². The van der Waals surface area contributed by atoms with Crippen molar-refractivity contribution in [2.24, 2.45) is 0 Å². The lowest BCUT2D eigenvalue weighted by atomic mass is 10.1. The second kappa shape index (κ2) is 5.31. The van der Waals surface area contributed by atoms with Crippen LogP contribution in [0, 0.1) is 6.92 Å². The van der Waals surface area contributed by atoms with E-state index in [1.807, 2.05) is 6.07 Å². The quantitative estimate of drug-likeness (QED) is 0.778. The van der Waals surface area contributed by atoms with E-state index in [2.05, 4.69) is 72.6 Å². The molecule has 0 saturated heterocycles. The van der Waals surface area contributed by atoms with Gasteiger partial charge in [-0.15, -0.1) is 10.2 Å². The zero-order chi connectivity index (χ0) is 12.4. The highest BCUT2D eigenvalue weighted by molar-refractivity contribution is 9.10. The molecule has 0 bridgehead atoms. The molecular weight excluding hydrogens is 346 g/mol. The van der Waals surface area contributed by atoms with Crippen LogP contribution in [0.2, 0.25) is 0 Å². The van der Waals surface area contributed by atoms with Crippen molar-refractivity contribution >= 4 is 31.9 Å². The Kier molecular flexibility index (Phi) is 3.99. The van der Waals surface area contributed by atoms with Gasteiger partial charge in [0, 0.05) is 16.6 Å². The number of hydrogen-bond donors (Lipinski definition) is 0. The Morgan fingerprint density at radius 1 is 1.29 bits per heavy atom. The molecule has 0 amide bonds. The van der Waals surface area contributed by atoms with E-state index in [1.165, 1.54) is 5.56 Å². The highest BCUT2D eigenvalue weighted by atomic mass is 79.9. The molecule has 0 aliphatic carbocycles. The van der Waals surface area contributed by atoms with Gasteiger partial charge in [-0.3, -0.25) is 0 Å². The standard InChI is InChI=1S/C12H13Br2N3/c1-3-17-11(7-13)15-16-12(17)10-6-9(14)5-4-8(10)2/h4-6H,3,7H2,1-2H3. The van der Waals surface area contributed by atoms with Crippen molar-refractivity contribution in [2.45, 2.75) is 25.7 Å². The summed E-state index contributed by atoms with van der Waals surface area (Å²) in [6, 6.07) is 6.21. The van der Waals surface area contributed by atoms with E-state index < -0.39 is 0 Å². The third kappa shape index (κ3) is 2.45. The third-order valence-corrected chi connectivity index (χ3v) is 3.70. The Balaban J connectivity index is 2.59. The lowest BCUT2D eigenvalue weighted by molar-refractivity contribution is 0.733. The SMILES string of the molecule is CCn1c(CBr)nnc1-c1cc(Br)ccc1C. The minimum Gasteiger partial charge on any atom is -0.311 e. The predicted octanol–water partition coefficient (Wildman–Crippen LogP) is 3.93. The van der Waals surface area contributed by atoms with Crippen molar-refractivity contribution in [2.75, 3.05) is 0 Å². The first-order chi connectivity index (χ1) is 8.17. The fourth-order valence-electron chi connectivity index (χ4n) is 1.80. The van der Waals surface area contributed by atoms with Crippen LogP contribution >= 0.6 is 31.9 Å². The van der Waals surface area contributed by atoms with Gasteiger partial charge in [-0.1, -0.05) is 37.9 Å². The van der Waals surface area contributed by atoms with Gasteiger partial charge in [-0.05, 0) is 31.5 Å². The van der Waals surface area contributed by atoms with Gasteiger partial charge in [0.25, 0.3) is 0 Å². The molecule has 0 aliphatic heterocycles. The molecule has 3 nitrogen and oxygen atoms in total. The molecule has 1 aromatic heterocycles. The van der Waals surface area contributed by atoms with Crippen molar-refractivity contribution in [3.8, 4) is 11.4 Å². The van der Waals surface area contributed by atoms with Crippen LogP contribution in [-0.4, -0.2) is 14.8 Å². The molecule has 1 heterocycles. The van der Waals surface area contributed by atoms with Crippen LogP contribution in [0.1, 0.15) is 18.3 Å². The van der Waals surface area contributed by atoms with E-state index in [0.717, 1.165) is 33.6 Å². The molecule has 0 atom stereocenters. The maximum Gasteiger partial charge on any atom is 0.164 e. The van der Waals surface area contributed by atoms with Crippen LogP contribution in [0.4, 0.5) is 0 Å². The van der Waals surface area contributed by atoms with Crippen LogP contribution in [0.15, 0.2) is 22.7 Å². The molecule has 0 saturated carbocycles. The number of rotatable bonds is 3. The summed E-state index contributed by atoms with van der Waals surface area (Å²) in [7, 11) is 0. The molecule has 2 aromatic rings. The average molecular weight is 359 g/mol. The van der Waals surface area contributed by atoms with Gasteiger partial charge >= 0.3 is 0 Å². The van der Waals surface area contributed by atoms with Gasteiger partial charge < -0.3 is 4.57 Å². The number of benzene rings is 1. The Bertz CT molecular complexity index is 535. The zero-order valence-electron chi connectivity index (χ0n) is 9.74. The van der Waals surface area contributed by atoms with E-state index in [0.29, 0.717) is 0 Å². The van der Waals surface area contributed by atoms with Crippen molar-refractivity contribution in [3.63, 3.8) is 0 Å². The van der Waals surface area contributed by atoms with Gasteiger partial charge in [0.05, 0.1) is 5.33 Å². The summed E-state index contributed by atoms with van der Waals surface area (Å²) >= 11 is 6.93. The topological polar surface area (TPSA) is 30.7 Å². The maximum absolute atomic E-state index is 4.29. The Morgan fingerprint density at radius 3 is 2.71 bits per heavy atom. The summed E-state index contributed by atoms with van der Waals surface area (Å²) in [5.74, 6) is 1.89. The van der Waals surface area contributed by atoms with Crippen molar-refractivity contribution < 1.29 is 0 Å². The first-order valence-corrected chi connectivity index (χ1v) is 7.33. The lowest BCUT2D eigenvalue weighted by Crippen LogP contribution is -2.02. The molecule has 0 aliphatic rings. The monoisotopic (exact) mass is 357 g/mol. The van der Waals surface area contributed by atoms with Crippen LogP contribution in [0.25, 0.3) is 11.4 Å². The number of halogens is 2. The fourth-order valence-corrected chi connectivity index (χ4v) is 2.58. The largest absolute Gasteiger partial charge is 0.311 e. The van der Waals surface area contributed by atoms with Crippen molar-refractivity contribution in [3.05, 3.63) is 34.1 Å². The molecule has 0 N–H and O–H groups in total. The summed E-state index contributed by atoms with van der Waals surface area (Å²) in [6.07, 6.45) is 0. The Morgan fingerprint density at radius 2 is 2.06 bits per heavy atom. The van der Waals surface area contributed by atoms with Crippen LogP contribution in [0.3, 0.4) is 0 Å². The zero-order valence-corrected chi connectivity index (χ0v) is 12.9. The van der Waals surface area contributed by atoms with Crippen molar-refractivity contribution in [1.82, 2.24) is 14.8 Å². The van der Waals surface area contributed by atoms with E-state index in [4.69, 9.17) is 0 Å². The van der Waals surface area contributed by atoms with Crippen LogP contribution < -0.4 is 0 Å². The van der Waals surface area contributed by atoms with Crippen LogP contribution in [-0.2, 0) is 11.9 Å². The minimum absolute atomic E-state index is 0.723. The van der Waals surface area contributed by atoms with Crippen molar-refractivity contribution in [1.29, 1.82) is 0 Å². The molecule has 5 heteroatoms. The summed E-state index contributed by atoms with van der Waals surface area (Å²) in [5.41, 5.74) is 2.33. The molecule has 17 heavy (non-hydrogen) atoms. The first kappa shape index (κ1) is 12.8. The van der Waals surface area contributed by atoms with Gasteiger partial charge in [-0.2, -0.15) is 0 Å². The Labute approximate surface area is 118 Å². The smallest absolute Gasteiger partial charge is 0.164 e. The van der Waals surface area contributed by atoms with E-state index in [1.54, 1.807) is 0 Å². The van der Waals surface area contributed by atoms with E-state index in [9.17, 15) is 0 Å². The van der Waals surface area contributed by atoms with Crippen LogP contribution in [0.5, 0.6) is 0 Å². The highest BCUT2D eigenvalue weighted by Crippen LogP contribution is 2.26. The average Bonchev–Trinajstić information content (AvgIpc) is 2.74. The van der Waals surface area contributed by atoms with E-state index >= 15 is 0 Å². The number of hydrogen-bond acceptors (Lipinski definition) is 2. The van der Waals surface area contributed by atoms with E-state index in [-0.39, 0.29) is 0 Å². The Hall–Kier alpha value is -0.680. The molecule has 1 aromatic carbocycles. The predicted molar refractivity (Wildman–Crippen MR) is 76.2 cm³/mol. The fraction of sp³-hybridized carbons (Fsp3) is 0.333. The summed E-state index contributed by atoms with van der Waals surface area (Å²) in [4.78, 5) is 0. The molecular formula is C12H13Br2N3. The maximum atomic E-state index is 4.29. The summed E-state index contributed by atoms with van der Waals surface area (Å²) in [5, 5.41) is 9.22. The summed E-state index contributed by atoms with van der Waals surface area (Å²) < 4.78 is 3.19. The minimum atomic E-state index is 0.723. The number of alkyl halides is 1. The number of aromatic nitrogens is 3. The third-order valence-electron chi connectivity index (χ3n) is 2.70. The number of aryl methyl sites for hydroxylation is 1. The lowest BCUT2D eigenvalue weighted by Gasteiger charge is -2.08. The van der Waals surface area contributed by atoms with Gasteiger partial charge in [0.2, 0.25) is 0 Å². The summed E-state index contributed by atoms with van der Waals surface area (Å²) in [6.45, 7) is 5.06. The first-order valence-electron chi connectivity index (χ1n) is 5.42. The normalized spacial score (nSPS) is 10.8. The highest BCUT2D eigenvalue weighted by Gasteiger charge is 2.13. The molecule has 2 rings (SSSR count). The molecule has 90 valence electrons. The molecule has 0 unspecified atom stereocenters. The number of nitrogens with zero attached hydrogens (tertiary/aromatic N) is 3. The second-order valence-electron chi connectivity index (χ2n) is 3.78. The second-order valence-corrected chi connectivity index (χ2v) is 5.25. The molecule has 0 fully saturated rings. The van der Waals surface area contributed by atoms with Gasteiger partial charge in [0.1, 0.15) is 5.82 Å². The molecule has 0 radical (unpaired) electrons. The van der Waals surface area contributed by atoms with Gasteiger partial charge in [0.15, 0.2) is 5.82 Å². The molecule has 0 spiro atoms.